The van der Waals surface area contributed by atoms with Crippen LogP contribution >= 0.6 is 15.9 Å². The van der Waals surface area contributed by atoms with Gasteiger partial charge in [-0.25, -0.2) is 0 Å². The summed E-state index contributed by atoms with van der Waals surface area (Å²) in [4.78, 5) is 26.4. The van der Waals surface area contributed by atoms with Crippen LogP contribution in [-0.4, -0.2) is 36.3 Å². The first kappa shape index (κ1) is 21.1. The Morgan fingerprint density at radius 2 is 1.67 bits per heavy atom. The average Bonchev–Trinajstić information content (AvgIpc) is 2.69. The first-order valence-corrected chi connectivity index (χ1v) is 9.91. The SMILES string of the molecule is CCN(CC)Cc1cccc(CNC(=O)CNC(=O)c2cccc(Br)c2)c1. The fourth-order valence-electron chi connectivity index (χ4n) is 2.70. The Bertz CT molecular complexity index is 776. The number of amides is 2. The minimum absolute atomic E-state index is 0.0511. The second-order valence-corrected chi connectivity index (χ2v) is 7.17. The third kappa shape index (κ3) is 7.15. The standard InChI is InChI=1S/C21H26BrN3O2/c1-3-25(4-2)15-17-8-5-7-16(11-17)13-23-20(26)14-24-21(27)18-9-6-10-19(22)12-18/h5-12H,3-4,13-15H2,1-2H3,(H,23,26)(H,24,27). The number of carbonyl (C=O) groups excluding carboxylic acids is 2. The average molecular weight is 432 g/mol. The van der Waals surface area contributed by atoms with Crippen molar-refractivity contribution in [2.45, 2.75) is 26.9 Å². The molecule has 0 unspecified atom stereocenters. The zero-order valence-corrected chi connectivity index (χ0v) is 17.4. The van der Waals surface area contributed by atoms with Gasteiger partial charge in [0.15, 0.2) is 0 Å². The van der Waals surface area contributed by atoms with Crippen molar-refractivity contribution in [2.75, 3.05) is 19.6 Å². The second-order valence-electron chi connectivity index (χ2n) is 6.25. The zero-order chi connectivity index (χ0) is 19.6. The van der Waals surface area contributed by atoms with Crippen LogP contribution in [0.3, 0.4) is 0 Å². The normalized spacial score (nSPS) is 10.7. The first-order chi connectivity index (χ1) is 13.0. The fraction of sp³-hybridized carbons (Fsp3) is 0.333. The lowest BCUT2D eigenvalue weighted by molar-refractivity contribution is -0.120. The van der Waals surface area contributed by atoms with Gasteiger partial charge in [-0.3, -0.25) is 14.5 Å². The van der Waals surface area contributed by atoms with E-state index < -0.39 is 0 Å². The molecule has 0 atom stereocenters. The molecule has 0 radical (unpaired) electrons. The molecule has 0 aromatic heterocycles. The van der Waals surface area contributed by atoms with Crippen LogP contribution in [0.5, 0.6) is 0 Å². The number of carbonyl (C=O) groups is 2. The Kier molecular flexibility index (Phi) is 8.48. The lowest BCUT2D eigenvalue weighted by Gasteiger charge is -2.18. The molecule has 5 nitrogen and oxygen atoms in total. The molecule has 0 aliphatic rings. The van der Waals surface area contributed by atoms with Gasteiger partial charge in [-0.15, -0.1) is 0 Å². The molecule has 2 N–H and O–H groups in total. The maximum Gasteiger partial charge on any atom is 0.251 e. The van der Waals surface area contributed by atoms with Crippen molar-refractivity contribution in [3.05, 3.63) is 69.7 Å². The summed E-state index contributed by atoms with van der Waals surface area (Å²) in [5.74, 6) is -0.486. The van der Waals surface area contributed by atoms with Gasteiger partial charge in [-0.05, 0) is 42.4 Å². The van der Waals surface area contributed by atoms with E-state index in [1.165, 1.54) is 5.56 Å². The molecule has 0 fully saturated rings. The Labute approximate surface area is 169 Å². The monoisotopic (exact) mass is 431 g/mol. The highest BCUT2D eigenvalue weighted by molar-refractivity contribution is 9.10. The van der Waals surface area contributed by atoms with Gasteiger partial charge in [0.25, 0.3) is 5.91 Å². The van der Waals surface area contributed by atoms with Crippen LogP contribution in [0.1, 0.15) is 35.3 Å². The number of rotatable bonds is 9. The van der Waals surface area contributed by atoms with Crippen molar-refractivity contribution in [3.8, 4) is 0 Å². The summed E-state index contributed by atoms with van der Waals surface area (Å²) in [7, 11) is 0. The topological polar surface area (TPSA) is 61.4 Å². The summed E-state index contributed by atoms with van der Waals surface area (Å²) in [6.45, 7) is 7.61. The zero-order valence-electron chi connectivity index (χ0n) is 15.8. The molecule has 144 valence electrons. The van der Waals surface area contributed by atoms with E-state index >= 15 is 0 Å². The molecule has 27 heavy (non-hydrogen) atoms. The van der Waals surface area contributed by atoms with E-state index in [-0.39, 0.29) is 18.4 Å². The van der Waals surface area contributed by atoms with E-state index in [2.05, 4.69) is 57.4 Å². The number of halogens is 1. The summed E-state index contributed by atoms with van der Waals surface area (Å²) in [5, 5.41) is 5.49. The first-order valence-electron chi connectivity index (χ1n) is 9.12. The molecule has 2 rings (SSSR count). The number of benzene rings is 2. The molecule has 6 heteroatoms. The highest BCUT2D eigenvalue weighted by Gasteiger charge is 2.08. The fourth-order valence-corrected chi connectivity index (χ4v) is 3.10. The van der Waals surface area contributed by atoms with Crippen molar-refractivity contribution >= 4 is 27.7 Å². The Hall–Kier alpha value is -2.18. The summed E-state index contributed by atoms with van der Waals surface area (Å²) >= 11 is 3.33. The Morgan fingerprint density at radius 3 is 2.37 bits per heavy atom. The minimum atomic E-state index is -0.271. The summed E-state index contributed by atoms with van der Waals surface area (Å²) < 4.78 is 0.823. The molecule has 0 aliphatic carbocycles. The molecule has 0 spiro atoms. The van der Waals surface area contributed by atoms with Crippen LogP contribution in [0.25, 0.3) is 0 Å². The van der Waals surface area contributed by atoms with E-state index in [4.69, 9.17) is 0 Å². The van der Waals surface area contributed by atoms with Crippen LogP contribution in [0.2, 0.25) is 0 Å². The van der Waals surface area contributed by atoms with E-state index in [1.54, 1.807) is 18.2 Å². The molecule has 0 saturated carbocycles. The number of hydrogen-bond acceptors (Lipinski definition) is 3. The molecular formula is C21H26BrN3O2. The second kappa shape index (κ2) is 10.8. The predicted octanol–water partition coefficient (Wildman–Crippen LogP) is 3.34. The third-order valence-corrected chi connectivity index (χ3v) is 4.77. The van der Waals surface area contributed by atoms with Gasteiger partial charge in [0, 0.05) is 23.1 Å². The molecule has 0 saturated heterocycles. The molecule has 0 bridgehead atoms. The maximum absolute atomic E-state index is 12.1. The number of nitrogens with zero attached hydrogens (tertiary/aromatic N) is 1. The number of nitrogens with one attached hydrogen (secondary N) is 2. The summed E-state index contributed by atoms with van der Waals surface area (Å²) in [6, 6.07) is 15.3. The van der Waals surface area contributed by atoms with Gasteiger partial charge in [0.1, 0.15) is 0 Å². The Morgan fingerprint density at radius 1 is 0.963 bits per heavy atom. The van der Waals surface area contributed by atoms with Crippen LogP contribution in [0.15, 0.2) is 53.0 Å². The number of hydrogen-bond donors (Lipinski definition) is 2. The summed E-state index contributed by atoms with van der Waals surface area (Å²) in [6.07, 6.45) is 0. The van der Waals surface area contributed by atoms with Gasteiger partial charge in [0.2, 0.25) is 5.91 Å². The lowest BCUT2D eigenvalue weighted by atomic mass is 10.1. The van der Waals surface area contributed by atoms with Crippen LogP contribution in [0.4, 0.5) is 0 Å². The summed E-state index contributed by atoms with van der Waals surface area (Å²) in [5.41, 5.74) is 2.79. The van der Waals surface area contributed by atoms with E-state index in [9.17, 15) is 9.59 Å². The highest BCUT2D eigenvalue weighted by Crippen LogP contribution is 2.11. The maximum atomic E-state index is 12.1. The van der Waals surface area contributed by atoms with Gasteiger partial charge in [0.05, 0.1) is 6.54 Å². The van der Waals surface area contributed by atoms with Crippen molar-refractivity contribution in [2.24, 2.45) is 0 Å². The van der Waals surface area contributed by atoms with Gasteiger partial charge in [-0.1, -0.05) is 60.1 Å². The van der Waals surface area contributed by atoms with E-state index in [1.807, 2.05) is 18.2 Å². The quantitative estimate of drug-likeness (QED) is 0.639. The van der Waals surface area contributed by atoms with Crippen LogP contribution in [-0.2, 0) is 17.9 Å². The minimum Gasteiger partial charge on any atom is -0.350 e. The lowest BCUT2D eigenvalue weighted by Crippen LogP contribution is -2.36. The molecule has 0 aliphatic heterocycles. The molecule has 0 heterocycles. The smallest absolute Gasteiger partial charge is 0.251 e. The van der Waals surface area contributed by atoms with Crippen molar-refractivity contribution in [1.29, 1.82) is 0 Å². The predicted molar refractivity (Wildman–Crippen MR) is 111 cm³/mol. The van der Waals surface area contributed by atoms with Crippen molar-refractivity contribution in [1.82, 2.24) is 15.5 Å². The van der Waals surface area contributed by atoms with Gasteiger partial charge >= 0.3 is 0 Å². The van der Waals surface area contributed by atoms with Gasteiger partial charge in [-0.2, -0.15) is 0 Å². The van der Waals surface area contributed by atoms with E-state index in [0.717, 1.165) is 29.7 Å². The third-order valence-electron chi connectivity index (χ3n) is 4.28. The molecule has 2 aromatic rings. The molecule has 2 aromatic carbocycles. The van der Waals surface area contributed by atoms with Crippen molar-refractivity contribution < 1.29 is 9.59 Å². The van der Waals surface area contributed by atoms with Gasteiger partial charge < -0.3 is 10.6 Å². The van der Waals surface area contributed by atoms with Crippen LogP contribution in [0, 0.1) is 0 Å². The van der Waals surface area contributed by atoms with Crippen LogP contribution < -0.4 is 10.6 Å². The van der Waals surface area contributed by atoms with Crippen molar-refractivity contribution in [3.63, 3.8) is 0 Å². The molecular weight excluding hydrogens is 406 g/mol. The Balaban J connectivity index is 1.80. The highest BCUT2D eigenvalue weighted by atomic mass is 79.9. The van der Waals surface area contributed by atoms with E-state index in [0.29, 0.717) is 12.1 Å². The molecule has 2 amide bonds. The largest absolute Gasteiger partial charge is 0.350 e.